The molecule has 3 aliphatic heterocycles. The van der Waals surface area contributed by atoms with Crippen LogP contribution in [0.5, 0.6) is 34.5 Å². The van der Waals surface area contributed by atoms with Crippen LogP contribution in [0.15, 0.2) is 48.5 Å². The Hall–Kier alpha value is -4.92. The van der Waals surface area contributed by atoms with Crippen LogP contribution < -0.4 is 33.7 Å². The maximum absolute atomic E-state index is 13.3. The number of likely N-dealkylation sites (N-methyl/N-ethyl adjacent to an activating group) is 1. The number of amides is 1. The minimum Gasteiger partial charge on any atom is -0.497 e. The van der Waals surface area contributed by atoms with E-state index in [0.29, 0.717) is 47.3 Å². The molecule has 3 aliphatic rings. The topological polar surface area (TPSA) is 115 Å². The van der Waals surface area contributed by atoms with Gasteiger partial charge in [0.2, 0.25) is 5.91 Å². The Bertz CT molecular complexity index is 1770. The summed E-state index contributed by atoms with van der Waals surface area (Å²) in [4.78, 5) is 18.0. The van der Waals surface area contributed by atoms with Gasteiger partial charge in [0.25, 0.3) is 0 Å². The molecule has 3 heterocycles. The Balaban J connectivity index is 1.39. The summed E-state index contributed by atoms with van der Waals surface area (Å²) < 4.78 is 33.6. The molecule has 11 heteroatoms. The molecule has 11 nitrogen and oxygen atoms in total. The van der Waals surface area contributed by atoms with Crippen molar-refractivity contribution in [3.05, 3.63) is 76.4 Å². The predicted molar refractivity (Wildman–Crippen MR) is 180 cm³/mol. The third-order valence-electron chi connectivity index (χ3n) is 10.0. The molecular formula is C37H42N4O7. The standard InChI is InChI=1S/C37H42N4O7/c1-40-27-12-23-15-33(46-5)35(48-7)18-26(23)37(40)28-13-22-14-32(45-4)34(47-6)17-25(22)30(41(28)29(27)19-38)20-39-36(42)11-9-21-8-10-24(43-2)16-31(21)44-3/h8-11,14-18,27-30,37H,12-13,20H2,1-7H3,(H,39,42)/b11-9+/t27-,28-,29-,30-,37+/m0/s1. The van der Waals surface area contributed by atoms with Crippen LogP contribution in [0.25, 0.3) is 6.08 Å². The first kappa shape index (κ1) is 33.0. The van der Waals surface area contributed by atoms with Gasteiger partial charge in [0.05, 0.1) is 60.8 Å². The largest absolute Gasteiger partial charge is 0.497 e. The summed E-state index contributed by atoms with van der Waals surface area (Å²) in [5, 5.41) is 13.9. The van der Waals surface area contributed by atoms with Crippen molar-refractivity contribution in [3.8, 4) is 40.6 Å². The third kappa shape index (κ3) is 5.65. The summed E-state index contributed by atoms with van der Waals surface area (Å²) in [5.41, 5.74) is 5.14. The molecule has 3 aromatic rings. The summed E-state index contributed by atoms with van der Waals surface area (Å²) in [7, 11) is 11.8. The second-order valence-corrected chi connectivity index (χ2v) is 12.2. The minimum absolute atomic E-state index is 0.0370. The van der Waals surface area contributed by atoms with Gasteiger partial charge in [0.1, 0.15) is 17.5 Å². The van der Waals surface area contributed by atoms with Gasteiger partial charge in [-0.1, -0.05) is 0 Å². The molecule has 3 aromatic carbocycles. The number of hydrogen-bond acceptors (Lipinski definition) is 10. The Morgan fingerprint density at radius 3 is 2.00 bits per heavy atom. The number of carbonyl (C=O) groups is 1. The van der Waals surface area contributed by atoms with E-state index in [1.807, 2.05) is 24.3 Å². The molecule has 0 saturated carbocycles. The zero-order valence-corrected chi connectivity index (χ0v) is 28.4. The number of piperazine rings is 1. The maximum atomic E-state index is 13.3. The molecule has 0 aromatic heterocycles. The van der Waals surface area contributed by atoms with E-state index in [9.17, 15) is 10.1 Å². The van der Waals surface area contributed by atoms with Crippen LogP contribution in [0.2, 0.25) is 0 Å². The zero-order valence-electron chi connectivity index (χ0n) is 28.4. The number of nitrogens with one attached hydrogen (secondary N) is 1. The van der Waals surface area contributed by atoms with Crippen molar-refractivity contribution in [2.24, 2.45) is 0 Å². The van der Waals surface area contributed by atoms with Gasteiger partial charge in [-0.3, -0.25) is 14.6 Å². The highest BCUT2D eigenvalue weighted by atomic mass is 16.5. The molecule has 252 valence electrons. The number of benzene rings is 3. The fraction of sp³-hybridized carbons (Fsp3) is 0.405. The van der Waals surface area contributed by atoms with Gasteiger partial charge in [-0.15, -0.1) is 0 Å². The van der Waals surface area contributed by atoms with Gasteiger partial charge in [-0.2, -0.15) is 5.26 Å². The molecule has 5 atom stereocenters. The monoisotopic (exact) mass is 654 g/mol. The third-order valence-corrected chi connectivity index (χ3v) is 10.0. The van der Waals surface area contributed by atoms with Gasteiger partial charge >= 0.3 is 0 Å². The quantitative estimate of drug-likeness (QED) is 0.317. The molecule has 0 aliphatic carbocycles. The summed E-state index contributed by atoms with van der Waals surface area (Å²) in [6.45, 7) is 0.280. The van der Waals surface area contributed by atoms with Crippen LogP contribution in [0, 0.1) is 11.3 Å². The molecule has 2 bridgehead atoms. The van der Waals surface area contributed by atoms with Crippen molar-refractivity contribution < 1.29 is 33.2 Å². The first-order valence-electron chi connectivity index (χ1n) is 15.9. The molecule has 1 N–H and O–H groups in total. The lowest BCUT2D eigenvalue weighted by Crippen LogP contribution is -2.68. The fourth-order valence-electron chi connectivity index (χ4n) is 7.76. The van der Waals surface area contributed by atoms with Crippen LogP contribution in [0.4, 0.5) is 0 Å². The Labute approximate surface area is 281 Å². The van der Waals surface area contributed by atoms with Gasteiger partial charge in [-0.05, 0) is 84.6 Å². The highest BCUT2D eigenvalue weighted by Crippen LogP contribution is 2.52. The van der Waals surface area contributed by atoms with Gasteiger partial charge < -0.3 is 33.7 Å². The number of hydrogen-bond donors (Lipinski definition) is 1. The SMILES string of the molecule is COc1ccc(/C=C/C(=O)NC[C@H]2c3cc(OC)c(OC)cc3C[C@H]3[C@H]4c5cc(OC)c(OC)cc5C[C@@H]([C@H](C#N)N23)N4C)c(OC)c1. The molecular weight excluding hydrogens is 612 g/mol. The lowest BCUT2D eigenvalue weighted by atomic mass is 9.72. The van der Waals surface area contributed by atoms with Crippen LogP contribution in [0.3, 0.4) is 0 Å². The lowest BCUT2D eigenvalue weighted by molar-refractivity contribution is -0.117. The van der Waals surface area contributed by atoms with Crippen LogP contribution in [0.1, 0.15) is 39.9 Å². The molecule has 1 amide bonds. The number of methoxy groups -OCH3 is 6. The minimum atomic E-state index is -0.445. The van der Waals surface area contributed by atoms with E-state index >= 15 is 0 Å². The van der Waals surface area contributed by atoms with Crippen molar-refractivity contribution >= 4 is 12.0 Å². The van der Waals surface area contributed by atoms with E-state index in [-0.39, 0.29) is 36.6 Å². The summed E-state index contributed by atoms with van der Waals surface area (Å²) in [6, 6.07) is 15.3. The fourth-order valence-corrected chi connectivity index (χ4v) is 7.76. The van der Waals surface area contributed by atoms with E-state index in [1.165, 1.54) is 6.08 Å². The predicted octanol–water partition coefficient (Wildman–Crippen LogP) is 4.34. The smallest absolute Gasteiger partial charge is 0.244 e. The van der Waals surface area contributed by atoms with Crippen LogP contribution in [-0.2, 0) is 17.6 Å². The molecule has 48 heavy (non-hydrogen) atoms. The molecule has 6 rings (SSSR count). The number of rotatable bonds is 10. The highest BCUT2D eigenvalue weighted by Gasteiger charge is 2.54. The Kier molecular flexibility index (Phi) is 9.40. The van der Waals surface area contributed by atoms with Crippen molar-refractivity contribution in [2.75, 3.05) is 56.3 Å². The number of fused-ring (bicyclic) bond motifs is 7. The Morgan fingerprint density at radius 1 is 0.812 bits per heavy atom. The van der Waals surface area contributed by atoms with Gasteiger partial charge in [-0.25, -0.2) is 0 Å². The van der Waals surface area contributed by atoms with Crippen molar-refractivity contribution in [1.29, 1.82) is 5.26 Å². The second-order valence-electron chi connectivity index (χ2n) is 12.2. The molecule has 0 radical (unpaired) electrons. The number of nitrogens with zero attached hydrogens (tertiary/aromatic N) is 3. The molecule has 0 unspecified atom stereocenters. The van der Waals surface area contributed by atoms with Gasteiger partial charge in [0, 0.05) is 36.3 Å². The second kappa shape index (κ2) is 13.7. The van der Waals surface area contributed by atoms with Crippen molar-refractivity contribution in [2.45, 2.75) is 43.1 Å². The van der Waals surface area contributed by atoms with Crippen molar-refractivity contribution in [1.82, 2.24) is 15.1 Å². The van der Waals surface area contributed by atoms with Gasteiger partial charge in [0.15, 0.2) is 23.0 Å². The molecule has 1 fully saturated rings. The molecule has 1 saturated heterocycles. The summed E-state index contributed by atoms with van der Waals surface area (Å²) >= 11 is 0. The molecule has 0 spiro atoms. The highest BCUT2D eigenvalue weighted by molar-refractivity contribution is 5.92. The van der Waals surface area contributed by atoms with E-state index in [2.05, 4.69) is 40.4 Å². The first-order valence-corrected chi connectivity index (χ1v) is 15.9. The van der Waals surface area contributed by atoms with E-state index < -0.39 is 6.04 Å². The lowest BCUT2D eigenvalue weighted by Gasteiger charge is -2.60. The summed E-state index contributed by atoms with van der Waals surface area (Å²) in [5.74, 6) is 3.58. The zero-order chi connectivity index (χ0) is 34.1. The number of ether oxygens (including phenoxy) is 6. The number of nitriles is 1. The average Bonchev–Trinajstić information content (AvgIpc) is 3.11. The van der Waals surface area contributed by atoms with E-state index in [4.69, 9.17) is 28.4 Å². The van der Waals surface area contributed by atoms with E-state index in [0.717, 1.165) is 27.8 Å². The maximum Gasteiger partial charge on any atom is 0.244 e. The van der Waals surface area contributed by atoms with E-state index in [1.54, 1.807) is 54.8 Å². The first-order chi connectivity index (χ1) is 23.3. The Morgan fingerprint density at radius 2 is 1.40 bits per heavy atom. The number of carbonyl (C=O) groups excluding carboxylic acids is 1. The summed E-state index contributed by atoms with van der Waals surface area (Å²) in [6.07, 6.45) is 4.56. The van der Waals surface area contributed by atoms with Crippen molar-refractivity contribution in [3.63, 3.8) is 0 Å². The normalized spacial score (nSPS) is 22.8. The van der Waals surface area contributed by atoms with Crippen LogP contribution >= 0.6 is 0 Å². The average molecular weight is 655 g/mol. The van der Waals surface area contributed by atoms with Crippen LogP contribution in [-0.4, -0.2) is 90.1 Å².